The fraction of sp³-hybridized carbons (Fsp3) is 0.150. The predicted molar refractivity (Wildman–Crippen MR) is 91.9 cm³/mol. The van der Waals surface area contributed by atoms with Crippen molar-refractivity contribution in [2.45, 2.75) is 20.3 Å². The number of hydroxylamine groups is 2. The monoisotopic (exact) mass is 353 g/mol. The van der Waals surface area contributed by atoms with Crippen molar-refractivity contribution in [2.24, 2.45) is 0 Å². The molecule has 0 N–H and O–H groups in total. The van der Waals surface area contributed by atoms with Gasteiger partial charge in [0.05, 0.1) is 16.7 Å². The Labute approximate surface area is 149 Å². The number of nitrogens with zero attached hydrogens (tertiary/aromatic N) is 1. The predicted octanol–water partition coefficient (Wildman–Crippen LogP) is 3.70. The first-order valence-corrected chi connectivity index (χ1v) is 8.00. The molecule has 0 radical (unpaired) electrons. The number of imide groups is 1. The third-order valence-corrected chi connectivity index (χ3v) is 3.94. The van der Waals surface area contributed by atoms with E-state index >= 15 is 0 Å². The summed E-state index contributed by atoms with van der Waals surface area (Å²) in [5, 5.41) is 0.437. The molecule has 0 aromatic heterocycles. The van der Waals surface area contributed by atoms with Crippen LogP contribution in [0.1, 0.15) is 50.5 Å². The normalized spacial score (nSPS) is 12.8. The number of carbonyl (C=O) groups excluding carboxylic acids is 3. The lowest BCUT2D eigenvalue weighted by molar-refractivity contribution is -0.0584. The van der Waals surface area contributed by atoms with Crippen molar-refractivity contribution in [1.29, 1.82) is 0 Å². The van der Waals surface area contributed by atoms with Crippen molar-refractivity contribution < 1.29 is 23.6 Å². The Balaban J connectivity index is 1.81. The molecule has 2 aromatic carbocycles. The summed E-state index contributed by atoms with van der Waals surface area (Å²) in [5.74, 6) is -2.76. The second-order valence-electron chi connectivity index (χ2n) is 6.12. The van der Waals surface area contributed by atoms with E-state index in [1.165, 1.54) is 24.3 Å². The van der Waals surface area contributed by atoms with Crippen LogP contribution < -0.4 is 0 Å². The minimum atomic E-state index is -0.905. The zero-order chi connectivity index (χ0) is 18.8. The molecule has 5 nitrogen and oxygen atoms in total. The molecule has 1 aliphatic rings. The lowest BCUT2D eigenvalue weighted by atomic mass is 10.1. The summed E-state index contributed by atoms with van der Waals surface area (Å²) in [6.45, 7) is 3.77. The first kappa shape index (κ1) is 17.5. The van der Waals surface area contributed by atoms with E-state index in [0.29, 0.717) is 17.0 Å². The zero-order valence-corrected chi connectivity index (χ0v) is 14.3. The van der Waals surface area contributed by atoms with E-state index in [4.69, 9.17) is 4.84 Å². The number of carbonyl (C=O) groups is 3. The quantitative estimate of drug-likeness (QED) is 0.621. The Bertz CT molecular complexity index is 910. The molecule has 0 fully saturated rings. The number of amides is 2. The molecule has 0 atom stereocenters. The van der Waals surface area contributed by atoms with Crippen LogP contribution in [-0.2, 0) is 11.3 Å². The van der Waals surface area contributed by atoms with Gasteiger partial charge in [-0.3, -0.25) is 9.59 Å². The van der Waals surface area contributed by atoms with Crippen LogP contribution in [-0.4, -0.2) is 22.8 Å². The van der Waals surface area contributed by atoms with Crippen LogP contribution >= 0.6 is 0 Å². The third kappa shape index (κ3) is 3.26. The molecule has 0 saturated heterocycles. The highest BCUT2D eigenvalue weighted by atomic mass is 19.1. The second-order valence-corrected chi connectivity index (χ2v) is 6.12. The maximum Gasteiger partial charge on any atom is 0.363 e. The fourth-order valence-electron chi connectivity index (χ4n) is 2.56. The average molecular weight is 353 g/mol. The summed E-state index contributed by atoms with van der Waals surface area (Å²) in [7, 11) is 0. The Hall–Kier alpha value is -3.28. The molecule has 0 saturated carbocycles. The van der Waals surface area contributed by atoms with Gasteiger partial charge in [0.2, 0.25) is 0 Å². The second kappa shape index (κ2) is 6.92. The molecule has 0 aliphatic carbocycles. The largest absolute Gasteiger partial charge is 0.363 e. The van der Waals surface area contributed by atoms with Crippen molar-refractivity contribution in [1.82, 2.24) is 5.06 Å². The number of rotatable bonds is 4. The molecule has 26 heavy (non-hydrogen) atoms. The van der Waals surface area contributed by atoms with Gasteiger partial charge in [-0.05, 0) is 56.2 Å². The molecular formula is C20H16FNO4. The number of allylic oxidation sites excluding steroid dienone is 2. The van der Waals surface area contributed by atoms with Crippen LogP contribution in [0.5, 0.6) is 0 Å². The molecule has 1 aliphatic heterocycles. The van der Waals surface area contributed by atoms with Gasteiger partial charge < -0.3 is 4.84 Å². The van der Waals surface area contributed by atoms with Crippen molar-refractivity contribution in [3.63, 3.8) is 0 Å². The Morgan fingerprint density at radius 3 is 2.27 bits per heavy atom. The molecule has 2 amide bonds. The highest BCUT2D eigenvalue weighted by Gasteiger charge is 2.38. The van der Waals surface area contributed by atoms with Crippen LogP contribution in [0.15, 0.2) is 54.1 Å². The summed E-state index contributed by atoms with van der Waals surface area (Å²) >= 11 is 0. The molecule has 0 bridgehead atoms. The van der Waals surface area contributed by atoms with Crippen molar-refractivity contribution >= 4 is 17.8 Å². The Kier molecular flexibility index (Phi) is 4.67. The van der Waals surface area contributed by atoms with E-state index in [2.05, 4.69) is 0 Å². The molecule has 6 heteroatoms. The fourth-order valence-corrected chi connectivity index (χ4v) is 2.56. The molecule has 0 spiro atoms. The maximum atomic E-state index is 13.9. The van der Waals surface area contributed by atoms with E-state index in [1.54, 1.807) is 12.1 Å². The number of fused-ring (bicyclic) bond motifs is 1. The highest BCUT2D eigenvalue weighted by Crippen LogP contribution is 2.23. The van der Waals surface area contributed by atoms with Gasteiger partial charge in [-0.25, -0.2) is 9.18 Å². The number of hydrogen-bond donors (Lipinski definition) is 0. The molecule has 132 valence electrons. The van der Waals surface area contributed by atoms with Crippen LogP contribution in [0.25, 0.3) is 0 Å². The van der Waals surface area contributed by atoms with Crippen LogP contribution in [0.3, 0.4) is 0 Å². The maximum absolute atomic E-state index is 13.9. The summed E-state index contributed by atoms with van der Waals surface area (Å²) < 4.78 is 13.9. The first-order valence-electron chi connectivity index (χ1n) is 8.00. The van der Waals surface area contributed by atoms with E-state index < -0.39 is 23.6 Å². The Morgan fingerprint density at radius 2 is 1.69 bits per heavy atom. The van der Waals surface area contributed by atoms with E-state index in [-0.39, 0.29) is 16.7 Å². The lowest BCUT2D eigenvalue weighted by Gasteiger charge is -2.13. The number of halogens is 1. The number of benzene rings is 2. The minimum absolute atomic E-state index is 0.0557. The van der Waals surface area contributed by atoms with Gasteiger partial charge in [0.15, 0.2) is 0 Å². The summed E-state index contributed by atoms with van der Waals surface area (Å²) in [4.78, 5) is 41.8. The smallest absolute Gasteiger partial charge is 0.324 e. The van der Waals surface area contributed by atoms with E-state index in [1.807, 2.05) is 19.9 Å². The van der Waals surface area contributed by atoms with Gasteiger partial charge in [0, 0.05) is 0 Å². The Morgan fingerprint density at radius 1 is 1.08 bits per heavy atom. The van der Waals surface area contributed by atoms with Crippen molar-refractivity contribution in [2.75, 3.05) is 0 Å². The molecule has 3 rings (SSSR count). The van der Waals surface area contributed by atoms with Crippen molar-refractivity contribution in [3.8, 4) is 0 Å². The van der Waals surface area contributed by atoms with Gasteiger partial charge >= 0.3 is 5.97 Å². The van der Waals surface area contributed by atoms with Crippen molar-refractivity contribution in [3.05, 3.63) is 82.2 Å². The molecule has 1 heterocycles. The van der Waals surface area contributed by atoms with Gasteiger partial charge in [0.1, 0.15) is 5.82 Å². The lowest BCUT2D eigenvalue weighted by Crippen LogP contribution is -2.32. The zero-order valence-electron chi connectivity index (χ0n) is 14.3. The average Bonchev–Trinajstić information content (AvgIpc) is 2.86. The molecular weight excluding hydrogens is 337 g/mol. The topological polar surface area (TPSA) is 63.7 Å². The summed E-state index contributed by atoms with van der Waals surface area (Å²) in [6.07, 6.45) is 2.15. The van der Waals surface area contributed by atoms with Gasteiger partial charge in [-0.15, -0.1) is 0 Å². The SMILES string of the molecule is CC(C)=CCc1cc(C(=O)ON2C(=O)c3ccccc3C2=O)ccc1F. The number of hydrogen-bond acceptors (Lipinski definition) is 4. The van der Waals surface area contributed by atoms with E-state index in [9.17, 15) is 18.8 Å². The summed E-state index contributed by atoms with van der Waals surface area (Å²) in [6, 6.07) is 9.97. The standard InChI is InChI=1S/C20H16FNO4/c1-12(2)7-8-13-11-14(9-10-17(13)21)20(25)26-22-18(23)15-5-3-4-6-16(15)19(22)24/h3-7,9-11H,8H2,1-2H3. The van der Waals surface area contributed by atoms with E-state index in [0.717, 1.165) is 11.6 Å². The highest BCUT2D eigenvalue weighted by molar-refractivity contribution is 6.21. The molecule has 0 unspecified atom stereocenters. The van der Waals surface area contributed by atoms with Gasteiger partial charge in [0.25, 0.3) is 11.8 Å². The van der Waals surface area contributed by atoms with Crippen LogP contribution in [0.2, 0.25) is 0 Å². The molecule has 2 aromatic rings. The van der Waals surface area contributed by atoms with Gasteiger partial charge in [-0.2, -0.15) is 0 Å². The van der Waals surface area contributed by atoms with Crippen LogP contribution in [0, 0.1) is 5.82 Å². The van der Waals surface area contributed by atoms with Crippen LogP contribution in [0.4, 0.5) is 4.39 Å². The minimum Gasteiger partial charge on any atom is -0.324 e. The first-order chi connectivity index (χ1) is 12.4. The van der Waals surface area contributed by atoms with Gasteiger partial charge in [-0.1, -0.05) is 28.8 Å². The third-order valence-electron chi connectivity index (χ3n) is 3.94. The summed E-state index contributed by atoms with van der Waals surface area (Å²) in [5.41, 5.74) is 1.74.